The highest BCUT2D eigenvalue weighted by Gasteiger charge is 2.00. The van der Waals surface area contributed by atoms with E-state index in [9.17, 15) is 4.21 Å². The zero-order valence-electron chi connectivity index (χ0n) is 4.82. The van der Waals surface area contributed by atoms with Gasteiger partial charge in [0.15, 0.2) is 0 Å². The van der Waals surface area contributed by atoms with E-state index in [1.54, 1.807) is 0 Å². The molecule has 0 rings (SSSR count). The highest BCUT2D eigenvalue weighted by atomic mass is 32.2. The minimum Gasteiger partial charge on any atom is -0.329 e. The van der Waals surface area contributed by atoms with E-state index in [4.69, 9.17) is 16.0 Å². The van der Waals surface area contributed by atoms with Gasteiger partial charge in [0.1, 0.15) is 0 Å². The molecule has 0 spiro atoms. The lowest BCUT2D eigenvalue weighted by Crippen LogP contribution is -2.34. The molecule has 0 saturated carbocycles. The van der Waals surface area contributed by atoms with Crippen LogP contribution in [0.3, 0.4) is 0 Å². The molecule has 9 heavy (non-hydrogen) atoms. The molecule has 2 atom stereocenters. The van der Waals surface area contributed by atoms with Crippen LogP contribution in [-0.4, -0.2) is 28.0 Å². The highest BCUT2D eigenvalue weighted by molar-refractivity contribution is 7.74. The fourth-order valence-corrected chi connectivity index (χ4v) is 0.505. The zero-order chi connectivity index (χ0) is 7.28. The third kappa shape index (κ3) is 5.87. The summed E-state index contributed by atoms with van der Waals surface area (Å²) < 4.78 is 22.1. The van der Waals surface area contributed by atoms with Gasteiger partial charge in [0.2, 0.25) is 0 Å². The monoisotopic (exact) mass is 154 g/mol. The molecular formula is C3H10N2O3S. The molecule has 0 amide bonds. The van der Waals surface area contributed by atoms with Crippen LogP contribution < -0.4 is 11.5 Å². The van der Waals surface area contributed by atoms with Gasteiger partial charge in [0.25, 0.3) is 0 Å². The second kappa shape index (κ2) is 4.83. The largest absolute Gasteiger partial charge is 0.329 e. The Morgan fingerprint density at radius 1 is 1.78 bits per heavy atom. The molecule has 6 heteroatoms. The van der Waals surface area contributed by atoms with Crippen LogP contribution in [0, 0.1) is 0 Å². The van der Waals surface area contributed by atoms with Gasteiger partial charge in [-0.3, -0.25) is 8.74 Å². The van der Waals surface area contributed by atoms with Gasteiger partial charge in [0.05, 0.1) is 6.61 Å². The van der Waals surface area contributed by atoms with Crippen LogP contribution in [0.4, 0.5) is 0 Å². The van der Waals surface area contributed by atoms with Crippen LogP contribution in [0.2, 0.25) is 0 Å². The van der Waals surface area contributed by atoms with Gasteiger partial charge in [-0.15, -0.1) is 0 Å². The van der Waals surface area contributed by atoms with Crippen molar-refractivity contribution < 1.29 is 12.9 Å². The first kappa shape index (κ1) is 8.99. The smallest absolute Gasteiger partial charge is 0.301 e. The Hall–Kier alpha value is -0.0100. The van der Waals surface area contributed by atoms with Crippen molar-refractivity contribution in [1.29, 1.82) is 0 Å². The van der Waals surface area contributed by atoms with Crippen molar-refractivity contribution >= 4 is 11.4 Å². The van der Waals surface area contributed by atoms with Gasteiger partial charge in [0, 0.05) is 12.6 Å². The van der Waals surface area contributed by atoms with Gasteiger partial charge < -0.3 is 11.5 Å². The average molecular weight is 154 g/mol. The van der Waals surface area contributed by atoms with E-state index >= 15 is 0 Å². The van der Waals surface area contributed by atoms with Crippen molar-refractivity contribution in [3.8, 4) is 0 Å². The molecule has 0 fully saturated rings. The van der Waals surface area contributed by atoms with Gasteiger partial charge in [-0.05, 0) is 0 Å². The third-order valence-corrected chi connectivity index (χ3v) is 1.02. The van der Waals surface area contributed by atoms with E-state index in [-0.39, 0.29) is 19.2 Å². The first-order chi connectivity index (χ1) is 4.16. The van der Waals surface area contributed by atoms with Gasteiger partial charge in [-0.2, -0.15) is 4.21 Å². The molecule has 0 bridgehead atoms. The minimum atomic E-state index is -2.22. The summed E-state index contributed by atoms with van der Waals surface area (Å²) in [5.74, 6) is 0. The summed E-state index contributed by atoms with van der Waals surface area (Å²) >= 11 is -2.22. The number of hydrogen-bond acceptors (Lipinski definition) is 4. The molecule has 5 nitrogen and oxygen atoms in total. The molecule has 0 aliphatic heterocycles. The van der Waals surface area contributed by atoms with Crippen molar-refractivity contribution in [3.63, 3.8) is 0 Å². The average Bonchev–Trinajstić information content (AvgIpc) is 1.83. The van der Waals surface area contributed by atoms with Gasteiger partial charge in [-0.1, -0.05) is 0 Å². The molecule has 0 aromatic carbocycles. The zero-order valence-corrected chi connectivity index (χ0v) is 5.63. The number of rotatable bonds is 4. The fourth-order valence-electron chi connectivity index (χ4n) is 0.214. The topological polar surface area (TPSA) is 98.6 Å². The lowest BCUT2D eigenvalue weighted by Gasteiger charge is -2.04. The molecule has 0 radical (unpaired) electrons. The normalized spacial score (nSPS) is 17.2. The molecule has 0 aromatic rings. The molecular weight excluding hydrogens is 144 g/mol. The van der Waals surface area contributed by atoms with E-state index < -0.39 is 11.4 Å². The third-order valence-electron chi connectivity index (χ3n) is 0.686. The molecule has 0 aliphatic carbocycles. The van der Waals surface area contributed by atoms with Crippen LogP contribution >= 0.6 is 0 Å². The Morgan fingerprint density at radius 3 is 2.67 bits per heavy atom. The van der Waals surface area contributed by atoms with E-state index in [1.807, 2.05) is 0 Å². The van der Waals surface area contributed by atoms with Crippen molar-refractivity contribution in [2.24, 2.45) is 11.5 Å². The van der Waals surface area contributed by atoms with Gasteiger partial charge >= 0.3 is 11.4 Å². The summed E-state index contributed by atoms with van der Waals surface area (Å²) in [5.41, 5.74) is 10.3. The van der Waals surface area contributed by atoms with Crippen molar-refractivity contribution in [1.82, 2.24) is 0 Å². The molecule has 0 aromatic heterocycles. The van der Waals surface area contributed by atoms with Crippen LogP contribution in [-0.2, 0) is 15.5 Å². The van der Waals surface area contributed by atoms with E-state index in [1.165, 1.54) is 0 Å². The SMILES string of the molecule is NCC(N)COS(=O)O. The van der Waals surface area contributed by atoms with Crippen LogP contribution in [0.1, 0.15) is 0 Å². The maximum atomic E-state index is 9.81. The fraction of sp³-hybridized carbons (Fsp3) is 1.00. The first-order valence-electron chi connectivity index (χ1n) is 2.36. The molecule has 0 heterocycles. The molecule has 5 N–H and O–H groups in total. The van der Waals surface area contributed by atoms with Crippen molar-refractivity contribution in [2.45, 2.75) is 6.04 Å². The first-order valence-corrected chi connectivity index (χ1v) is 3.39. The maximum Gasteiger partial charge on any atom is 0.301 e. The number of hydrogen-bond donors (Lipinski definition) is 3. The van der Waals surface area contributed by atoms with Crippen molar-refractivity contribution in [2.75, 3.05) is 13.2 Å². The summed E-state index contributed by atoms with van der Waals surface area (Å²) in [5, 5.41) is 0. The maximum absolute atomic E-state index is 9.81. The standard InChI is InChI=1S/C3H10N2O3S/c4-1-3(5)2-8-9(6)7/h3H,1-2,4-5H2,(H,6,7). The predicted octanol–water partition coefficient (Wildman–Crippen LogP) is -1.57. The van der Waals surface area contributed by atoms with E-state index in [0.717, 1.165) is 0 Å². The minimum absolute atomic E-state index is 0.0135. The van der Waals surface area contributed by atoms with E-state index in [0.29, 0.717) is 0 Å². The molecule has 56 valence electrons. The summed E-state index contributed by atoms with van der Waals surface area (Å²) in [4.78, 5) is 0. The second-order valence-electron chi connectivity index (χ2n) is 1.50. The van der Waals surface area contributed by atoms with E-state index in [2.05, 4.69) is 4.18 Å². The molecule has 0 saturated heterocycles. The lowest BCUT2D eigenvalue weighted by atomic mass is 10.3. The lowest BCUT2D eigenvalue weighted by molar-refractivity contribution is 0.285. The van der Waals surface area contributed by atoms with Crippen LogP contribution in [0.25, 0.3) is 0 Å². The second-order valence-corrected chi connectivity index (χ2v) is 2.17. The molecule has 0 aliphatic rings. The molecule has 2 unspecified atom stereocenters. The summed E-state index contributed by atoms with van der Waals surface area (Å²) in [7, 11) is 0. The summed E-state index contributed by atoms with van der Waals surface area (Å²) in [6.45, 7) is 0.261. The highest BCUT2D eigenvalue weighted by Crippen LogP contribution is 1.81. The summed E-state index contributed by atoms with van der Waals surface area (Å²) in [6.07, 6.45) is 0. The Morgan fingerprint density at radius 2 is 2.33 bits per heavy atom. The summed E-state index contributed by atoms with van der Waals surface area (Å²) in [6, 6.07) is -0.360. The Labute approximate surface area is 55.8 Å². The van der Waals surface area contributed by atoms with Crippen LogP contribution in [0.5, 0.6) is 0 Å². The van der Waals surface area contributed by atoms with Crippen LogP contribution in [0.15, 0.2) is 0 Å². The van der Waals surface area contributed by atoms with Crippen molar-refractivity contribution in [3.05, 3.63) is 0 Å². The van der Waals surface area contributed by atoms with Gasteiger partial charge in [-0.25, -0.2) is 0 Å². The Bertz CT molecular complexity index is 99.1. The predicted molar refractivity (Wildman–Crippen MR) is 33.8 cm³/mol. The number of nitrogens with two attached hydrogens (primary N) is 2. The Kier molecular flexibility index (Phi) is 4.83. The Balaban J connectivity index is 3.16. The quantitative estimate of drug-likeness (QED) is 0.425.